The third-order valence-electron chi connectivity index (χ3n) is 5.39. The van der Waals surface area contributed by atoms with Crippen molar-refractivity contribution in [3.8, 4) is 0 Å². The van der Waals surface area contributed by atoms with Crippen LogP contribution in [0.5, 0.6) is 0 Å². The van der Waals surface area contributed by atoms with Gasteiger partial charge in [0.1, 0.15) is 0 Å². The molecule has 0 spiro atoms. The maximum atomic E-state index is 4.92. The lowest BCUT2D eigenvalue weighted by atomic mass is 9.92. The summed E-state index contributed by atoms with van der Waals surface area (Å²) >= 11 is 0. The molecule has 1 aliphatic carbocycles. The van der Waals surface area contributed by atoms with Crippen LogP contribution >= 0.6 is 0 Å². The highest BCUT2D eigenvalue weighted by Gasteiger charge is 2.21. The Bertz CT molecular complexity index is 424. The Balaban J connectivity index is 1.69. The Hall–Kier alpha value is -0.830. The number of hydrogen-bond acceptors (Lipinski definition) is 2. The Morgan fingerprint density at radius 1 is 1.10 bits per heavy atom. The van der Waals surface area contributed by atoms with E-state index in [4.69, 9.17) is 5.10 Å². The summed E-state index contributed by atoms with van der Waals surface area (Å²) in [5, 5.41) is 8.40. The van der Waals surface area contributed by atoms with Gasteiger partial charge in [-0.2, -0.15) is 5.10 Å². The Morgan fingerprint density at radius 3 is 2.48 bits per heavy atom. The molecule has 0 atom stereocenters. The highest BCUT2D eigenvalue weighted by atomic mass is 15.3. The summed E-state index contributed by atoms with van der Waals surface area (Å²) in [4.78, 5) is 0. The molecule has 1 aliphatic heterocycles. The molecule has 1 aromatic rings. The van der Waals surface area contributed by atoms with Gasteiger partial charge in [-0.05, 0) is 51.3 Å². The first-order chi connectivity index (χ1) is 10.4. The fourth-order valence-electron chi connectivity index (χ4n) is 4.15. The van der Waals surface area contributed by atoms with E-state index in [1.54, 1.807) is 0 Å². The van der Waals surface area contributed by atoms with Crippen LogP contribution in [0.25, 0.3) is 0 Å². The summed E-state index contributed by atoms with van der Waals surface area (Å²) in [6, 6.07) is 2.43. The van der Waals surface area contributed by atoms with Crippen LogP contribution in [0.3, 0.4) is 0 Å². The van der Waals surface area contributed by atoms with Gasteiger partial charge in [0.2, 0.25) is 0 Å². The van der Waals surface area contributed by atoms with Gasteiger partial charge < -0.3 is 5.32 Å². The number of nitrogens with one attached hydrogen (secondary N) is 1. The minimum absolute atomic E-state index is 0.724. The first-order valence-electron chi connectivity index (χ1n) is 9.14. The Morgan fingerprint density at radius 2 is 1.81 bits per heavy atom. The SMILES string of the molecule is CCn1nc(CC2CCCCCC2)cc1C1CCNCC1. The molecule has 0 amide bonds. The molecule has 0 bridgehead atoms. The fraction of sp³-hybridized carbons (Fsp3) is 0.833. The first-order valence-corrected chi connectivity index (χ1v) is 9.14. The molecular formula is C18H31N3. The Kier molecular flexibility index (Phi) is 5.34. The zero-order valence-corrected chi connectivity index (χ0v) is 13.6. The first kappa shape index (κ1) is 15.1. The number of hydrogen-bond donors (Lipinski definition) is 1. The van der Waals surface area contributed by atoms with E-state index >= 15 is 0 Å². The van der Waals surface area contributed by atoms with Gasteiger partial charge in [-0.15, -0.1) is 0 Å². The highest BCUT2D eigenvalue weighted by Crippen LogP contribution is 2.29. The third kappa shape index (κ3) is 3.88. The van der Waals surface area contributed by atoms with Gasteiger partial charge in [-0.1, -0.05) is 38.5 Å². The molecule has 0 unspecified atom stereocenters. The van der Waals surface area contributed by atoms with Crippen molar-refractivity contribution in [1.29, 1.82) is 0 Å². The van der Waals surface area contributed by atoms with Gasteiger partial charge in [0.25, 0.3) is 0 Å². The molecule has 3 nitrogen and oxygen atoms in total. The number of rotatable bonds is 4. The molecule has 3 rings (SSSR count). The predicted octanol–water partition coefficient (Wildman–Crippen LogP) is 3.88. The second kappa shape index (κ2) is 7.44. The smallest absolute Gasteiger partial charge is 0.0630 e. The Labute approximate surface area is 129 Å². The molecule has 1 saturated heterocycles. The van der Waals surface area contributed by atoms with Crippen LogP contribution in [0.1, 0.15) is 75.6 Å². The van der Waals surface area contributed by atoms with E-state index < -0.39 is 0 Å². The summed E-state index contributed by atoms with van der Waals surface area (Å²) in [7, 11) is 0. The van der Waals surface area contributed by atoms with Gasteiger partial charge in [-0.3, -0.25) is 4.68 Å². The van der Waals surface area contributed by atoms with Crippen LogP contribution in [0.4, 0.5) is 0 Å². The highest BCUT2D eigenvalue weighted by molar-refractivity contribution is 5.16. The minimum Gasteiger partial charge on any atom is -0.317 e. The second-order valence-corrected chi connectivity index (χ2v) is 6.96. The molecule has 21 heavy (non-hydrogen) atoms. The second-order valence-electron chi connectivity index (χ2n) is 6.96. The van der Waals surface area contributed by atoms with Crippen molar-refractivity contribution in [2.45, 2.75) is 77.2 Å². The quantitative estimate of drug-likeness (QED) is 0.852. The largest absolute Gasteiger partial charge is 0.317 e. The molecule has 2 fully saturated rings. The molecule has 2 aliphatic rings. The van der Waals surface area contributed by atoms with Gasteiger partial charge >= 0.3 is 0 Å². The van der Waals surface area contributed by atoms with Crippen molar-refractivity contribution in [2.24, 2.45) is 5.92 Å². The van der Waals surface area contributed by atoms with Crippen molar-refractivity contribution in [3.63, 3.8) is 0 Å². The maximum absolute atomic E-state index is 4.92. The number of piperidine rings is 1. The molecular weight excluding hydrogens is 258 g/mol. The van der Waals surface area contributed by atoms with Crippen LogP contribution in [-0.2, 0) is 13.0 Å². The van der Waals surface area contributed by atoms with Crippen molar-refractivity contribution < 1.29 is 0 Å². The summed E-state index contributed by atoms with van der Waals surface area (Å²) < 4.78 is 2.28. The van der Waals surface area contributed by atoms with Crippen LogP contribution in [0.15, 0.2) is 6.07 Å². The molecule has 118 valence electrons. The van der Waals surface area contributed by atoms with E-state index in [0.29, 0.717) is 0 Å². The fourth-order valence-corrected chi connectivity index (χ4v) is 4.15. The summed E-state index contributed by atoms with van der Waals surface area (Å²) in [5.41, 5.74) is 2.86. The topological polar surface area (TPSA) is 29.9 Å². The zero-order chi connectivity index (χ0) is 14.5. The van der Waals surface area contributed by atoms with Gasteiger partial charge in [-0.25, -0.2) is 0 Å². The average Bonchev–Trinajstić information content (AvgIpc) is 2.76. The van der Waals surface area contributed by atoms with E-state index in [1.165, 1.54) is 69.2 Å². The van der Waals surface area contributed by atoms with Crippen molar-refractivity contribution in [1.82, 2.24) is 15.1 Å². The normalized spacial score (nSPS) is 22.3. The monoisotopic (exact) mass is 289 g/mol. The van der Waals surface area contributed by atoms with E-state index in [-0.39, 0.29) is 0 Å². The van der Waals surface area contributed by atoms with E-state index in [2.05, 4.69) is 23.0 Å². The molecule has 1 aromatic heterocycles. The van der Waals surface area contributed by atoms with Gasteiger partial charge in [0.05, 0.1) is 5.69 Å². The number of nitrogens with zero attached hydrogens (tertiary/aromatic N) is 2. The number of aryl methyl sites for hydroxylation is 1. The van der Waals surface area contributed by atoms with E-state index in [0.717, 1.165) is 31.5 Å². The predicted molar refractivity (Wildman–Crippen MR) is 87.6 cm³/mol. The van der Waals surface area contributed by atoms with E-state index in [9.17, 15) is 0 Å². The van der Waals surface area contributed by atoms with Crippen LogP contribution in [0, 0.1) is 5.92 Å². The van der Waals surface area contributed by atoms with Crippen molar-refractivity contribution in [3.05, 3.63) is 17.5 Å². The van der Waals surface area contributed by atoms with Crippen molar-refractivity contribution >= 4 is 0 Å². The zero-order valence-electron chi connectivity index (χ0n) is 13.6. The maximum Gasteiger partial charge on any atom is 0.0630 e. The van der Waals surface area contributed by atoms with Gasteiger partial charge in [0.15, 0.2) is 0 Å². The lowest BCUT2D eigenvalue weighted by Crippen LogP contribution is -2.27. The van der Waals surface area contributed by atoms with Gasteiger partial charge in [0, 0.05) is 18.2 Å². The summed E-state index contributed by atoms with van der Waals surface area (Å²) in [5.74, 6) is 1.61. The van der Waals surface area contributed by atoms with Crippen LogP contribution in [0.2, 0.25) is 0 Å². The lowest BCUT2D eigenvalue weighted by Gasteiger charge is -2.23. The number of aromatic nitrogens is 2. The van der Waals surface area contributed by atoms with E-state index in [1.807, 2.05) is 0 Å². The molecule has 1 saturated carbocycles. The third-order valence-corrected chi connectivity index (χ3v) is 5.39. The molecule has 3 heteroatoms. The van der Waals surface area contributed by atoms with Crippen LogP contribution < -0.4 is 5.32 Å². The molecule has 2 heterocycles. The summed E-state index contributed by atoms with van der Waals surface area (Å²) in [6.07, 6.45) is 12.3. The summed E-state index contributed by atoms with van der Waals surface area (Å²) in [6.45, 7) is 5.58. The van der Waals surface area contributed by atoms with Crippen LogP contribution in [-0.4, -0.2) is 22.9 Å². The average molecular weight is 289 g/mol. The minimum atomic E-state index is 0.724. The molecule has 1 N–H and O–H groups in total. The van der Waals surface area contributed by atoms with Crippen molar-refractivity contribution in [2.75, 3.05) is 13.1 Å². The standard InChI is InChI=1S/C18H31N3/c1-2-21-18(16-9-11-19-12-10-16)14-17(20-21)13-15-7-5-3-4-6-8-15/h14-16,19H,2-13H2,1H3. The lowest BCUT2D eigenvalue weighted by molar-refractivity contribution is 0.430. The molecule has 0 aromatic carbocycles. The molecule has 0 radical (unpaired) electrons.